The van der Waals surface area contributed by atoms with Gasteiger partial charge in [0.05, 0.1) is 30.7 Å². The van der Waals surface area contributed by atoms with Crippen LogP contribution in [-0.4, -0.2) is 131 Å². The average Bonchev–Trinajstić information content (AvgIpc) is 3.02. The molecule has 10 bridgehead atoms. The van der Waals surface area contributed by atoms with E-state index >= 15 is 0 Å². The third-order valence-corrected chi connectivity index (χ3v) is 19.4. The summed E-state index contributed by atoms with van der Waals surface area (Å²) in [5, 5.41) is 36.7. The van der Waals surface area contributed by atoms with E-state index in [0.717, 1.165) is 22.7 Å². The molecule has 6 atom stereocenters. The summed E-state index contributed by atoms with van der Waals surface area (Å²) in [6.45, 7) is 5.36. The van der Waals surface area contributed by atoms with Crippen LogP contribution in [0.15, 0.2) is 74.4 Å². The van der Waals surface area contributed by atoms with E-state index in [-0.39, 0.29) is 47.8 Å². The second-order valence-corrected chi connectivity index (χ2v) is 25.4. The number of fused-ring (bicyclic) bond motifs is 14. The van der Waals surface area contributed by atoms with Crippen molar-refractivity contribution >= 4 is 115 Å². The van der Waals surface area contributed by atoms with Crippen molar-refractivity contribution in [3.63, 3.8) is 0 Å². The summed E-state index contributed by atoms with van der Waals surface area (Å²) >= 11 is 7.21. The van der Waals surface area contributed by atoms with Crippen molar-refractivity contribution in [2.45, 2.75) is 76.3 Å². The van der Waals surface area contributed by atoms with E-state index in [4.69, 9.17) is 35.4 Å². The van der Waals surface area contributed by atoms with Gasteiger partial charge in [0.25, 0.3) is 23.6 Å². The monoisotopic (exact) mass is 1250 g/mol. The molecular formula is C54H51N15O9S6. The van der Waals surface area contributed by atoms with E-state index in [1.165, 1.54) is 62.7 Å². The first kappa shape index (κ1) is 57.7. The van der Waals surface area contributed by atoms with Gasteiger partial charge in [-0.1, -0.05) is 44.2 Å². The zero-order valence-electron chi connectivity index (χ0n) is 45.0. The predicted octanol–water partition coefficient (Wildman–Crippen LogP) is 5.79. The summed E-state index contributed by atoms with van der Waals surface area (Å²) in [4.78, 5) is 135. The first-order valence-electron chi connectivity index (χ1n) is 26.2. The Labute approximate surface area is 502 Å². The Balaban J connectivity index is 0.961. The number of hydrogen-bond acceptors (Lipinski definition) is 23. The minimum absolute atomic E-state index is 0.0214. The van der Waals surface area contributed by atoms with Crippen LogP contribution in [0.1, 0.15) is 120 Å². The highest BCUT2D eigenvalue weighted by Crippen LogP contribution is 2.40. The number of nitrogens with two attached hydrogens (primary N) is 1. The number of primary amides is 1. The number of ether oxygens (including phenoxy) is 1. The summed E-state index contributed by atoms with van der Waals surface area (Å²) in [5.41, 5.74) is 8.74. The number of aryl methyl sites for hydroxylation is 1. The van der Waals surface area contributed by atoms with Gasteiger partial charge < -0.3 is 47.1 Å². The standard InChI is InChI=1S/C54H51N15O9S6/c1-23(2)38-52-63-31(19-82-52)44(74)57-16-37(71)66-41(42(72)25-9-6-5-7-10-25)53-65-34(22-83-53)50-61-30(18-80-50)40-26(48-62-32(20-79-48)45(75)59-28(15-36(70)56-4)51-68-39(24(3)84-51)46(76)67-38)12-13-27(58-40)49-64-33(21-81-49)47-60-29(17-78-47)54(77)69-14-8-11-35(69)43(55)73/h5-7,9-10,12-13,18-23,28-29,35,38,41-42,72H,8,11,14-17H2,1-4H3,(H2,55,73)(H,56,70)(H,57,74)(H,59,75)(H,66,71)(H,67,76). The maximum absolute atomic E-state index is 14.3. The zero-order valence-corrected chi connectivity index (χ0v) is 49.9. The number of carbonyl (C=O) groups excluding carboxylic acids is 7. The fourth-order valence-corrected chi connectivity index (χ4v) is 14.8. The third-order valence-electron chi connectivity index (χ3n) is 13.8. The Morgan fingerprint density at radius 3 is 2.15 bits per heavy atom. The maximum Gasteiger partial charge on any atom is 0.271 e. The largest absolute Gasteiger partial charge is 0.473 e. The normalized spacial score (nSPS) is 19.8. The lowest BCUT2D eigenvalue weighted by Gasteiger charge is -2.23. The molecule has 8 aromatic rings. The van der Waals surface area contributed by atoms with Crippen molar-refractivity contribution in [2.75, 3.05) is 26.7 Å². The molecule has 30 heteroatoms. The molecule has 3 aliphatic rings. The SMILES string of the molecule is CNC(=O)CC1NC(=O)c2csc(n2)-c2ccc(-c3nc(C4=NC(C(=O)N5CCCC5C(N)=O)CO4)cs3)nc2-c2csc(n2)-c2csc(n2)C(C(O)c2ccccc2)NC(=O)CNC(=O)c2csc(n2)C(C(C)C)NC(=O)c2nc1sc2C. The summed E-state index contributed by atoms with van der Waals surface area (Å²) in [5.74, 6) is -3.77. The highest BCUT2D eigenvalue weighted by Gasteiger charge is 2.39. The number of nitrogens with one attached hydrogen (secondary N) is 5. The molecule has 0 spiro atoms. The molecule has 6 unspecified atom stereocenters. The van der Waals surface area contributed by atoms with Gasteiger partial charge >= 0.3 is 0 Å². The predicted molar refractivity (Wildman–Crippen MR) is 316 cm³/mol. The summed E-state index contributed by atoms with van der Waals surface area (Å²) in [7, 11) is 1.47. The van der Waals surface area contributed by atoms with Crippen LogP contribution < -0.4 is 32.3 Å². The molecular weight excluding hydrogens is 1200 g/mol. The third kappa shape index (κ3) is 12.1. The number of hydrogen-bond donors (Lipinski definition) is 7. The minimum Gasteiger partial charge on any atom is -0.473 e. The molecule has 432 valence electrons. The summed E-state index contributed by atoms with van der Waals surface area (Å²) < 4.78 is 5.89. The second kappa shape index (κ2) is 24.6. The Morgan fingerprint density at radius 1 is 0.726 bits per heavy atom. The van der Waals surface area contributed by atoms with Crippen molar-refractivity contribution in [1.29, 1.82) is 0 Å². The molecule has 3 aliphatic heterocycles. The molecule has 10 heterocycles. The van der Waals surface area contributed by atoms with E-state index in [1.54, 1.807) is 70.9 Å². The van der Waals surface area contributed by atoms with Gasteiger partial charge in [-0.05, 0) is 43.4 Å². The fraction of sp³-hybridized carbons (Fsp3) is 0.315. The first-order valence-corrected chi connectivity index (χ1v) is 31.4. The molecule has 0 aliphatic carbocycles. The lowest BCUT2D eigenvalue weighted by molar-refractivity contribution is -0.138. The molecule has 7 amide bonds. The van der Waals surface area contributed by atoms with Crippen LogP contribution in [0.3, 0.4) is 0 Å². The van der Waals surface area contributed by atoms with Crippen LogP contribution in [-0.2, 0) is 23.9 Å². The van der Waals surface area contributed by atoms with E-state index in [9.17, 15) is 38.7 Å². The Morgan fingerprint density at radius 2 is 1.39 bits per heavy atom. The number of nitrogens with zero attached hydrogens (tertiary/aromatic N) is 9. The van der Waals surface area contributed by atoms with Crippen molar-refractivity contribution in [1.82, 2.24) is 66.4 Å². The van der Waals surface area contributed by atoms with E-state index in [0.29, 0.717) is 93.9 Å². The van der Waals surface area contributed by atoms with E-state index < -0.39 is 78.3 Å². The molecule has 0 saturated carbocycles. The number of rotatable bonds is 9. The molecule has 84 heavy (non-hydrogen) atoms. The van der Waals surface area contributed by atoms with Crippen LogP contribution in [0.5, 0.6) is 0 Å². The van der Waals surface area contributed by atoms with Crippen LogP contribution in [0.4, 0.5) is 0 Å². The van der Waals surface area contributed by atoms with Gasteiger partial charge in [0.1, 0.15) is 94.7 Å². The highest BCUT2D eigenvalue weighted by molar-refractivity contribution is 7.15. The van der Waals surface area contributed by atoms with Gasteiger partial charge in [0.2, 0.25) is 23.6 Å². The van der Waals surface area contributed by atoms with Gasteiger partial charge in [-0.25, -0.2) is 39.9 Å². The smallest absolute Gasteiger partial charge is 0.271 e. The number of thiazole rings is 6. The number of benzene rings is 1. The number of likely N-dealkylation sites (tertiary alicyclic amines) is 1. The number of amides is 7. The Kier molecular flexibility index (Phi) is 16.9. The second-order valence-electron chi connectivity index (χ2n) is 19.8. The molecule has 24 nitrogen and oxygen atoms in total. The van der Waals surface area contributed by atoms with Crippen molar-refractivity contribution < 1.29 is 43.4 Å². The fourth-order valence-electron chi connectivity index (χ4n) is 9.47. The first-order chi connectivity index (χ1) is 40.5. The summed E-state index contributed by atoms with van der Waals surface area (Å²) in [6, 6.07) is 8.04. The van der Waals surface area contributed by atoms with E-state index in [1.807, 2.05) is 13.8 Å². The molecule has 1 fully saturated rings. The number of aliphatic hydroxyl groups excluding tert-OH is 1. The molecule has 8 N–H and O–H groups in total. The van der Waals surface area contributed by atoms with Crippen LogP contribution in [0.2, 0.25) is 0 Å². The Bertz CT molecular complexity index is 3890. The molecule has 11 rings (SSSR count). The van der Waals surface area contributed by atoms with Gasteiger partial charge in [0.15, 0.2) is 6.04 Å². The number of carbonyl (C=O) groups is 7. The lowest BCUT2D eigenvalue weighted by atomic mass is 10.0. The number of aliphatic hydroxyl groups is 1. The summed E-state index contributed by atoms with van der Waals surface area (Å²) in [6.07, 6.45) is -0.337. The van der Waals surface area contributed by atoms with Gasteiger partial charge in [-0.3, -0.25) is 33.6 Å². The highest BCUT2D eigenvalue weighted by atomic mass is 32.1. The average molecular weight is 1250 g/mol. The molecule has 1 aromatic carbocycles. The van der Waals surface area contributed by atoms with Gasteiger partial charge in [-0.15, -0.1) is 68.0 Å². The number of pyridine rings is 1. The van der Waals surface area contributed by atoms with Gasteiger partial charge in [0, 0.05) is 50.9 Å². The molecule has 1 saturated heterocycles. The van der Waals surface area contributed by atoms with Crippen molar-refractivity contribution in [2.24, 2.45) is 16.6 Å². The van der Waals surface area contributed by atoms with Crippen molar-refractivity contribution in [3.8, 4) is 43.4 Å². The minimum atomic E-state index is -1.26. The molecule has 7 aromatic heterocycles. The zero-order chi connectivity index (χ0) is 58.9. The topological polar surface area (TPSA) is 341 Å². The van der Waals surface area contributed by atoms with Crippen LogP contribution >= 0.6 is 68.0 Å². The molecule has 0 radical (unpaired) electrons. The number of aliphatic imine (C=N–C) groups is 1. The quantitative estimate of drug-likeness (QED) is 0.0899. The van der Waals surface area contributed by atoms with Crippen LogP contribution in [0, 0.1) is 12.8 Å². The number of aromatic nitrogens is 7. The van der Waals surface area contributed by atoms with E-state index in [2.05, 4.69) is 41.5 Å². The Hall–Kier alpha value is -8.13. The van der Waals surface area contributed by atoms with Crippen LogP contribution in [0.25, 0.3) is 43.4 Å². The van der Waals surface area contributed by atoms with Gasteiger partial charge in [-0.2, -0.15) is 0 Å². The maximum atomic E-state index is 14.3. The van der Waals surface area contributed by atoms with Crippen molar-refractivity contribution in [3.05, 3.63) is 118 Å². The lowest BCUT2D eigenvalue weighted by Crippen LogP contribution is -2.47.